The van der Waals surface area contributed by atoms with Crippen molar-refractivity contribution in [3.8, 4) is 0 Å². The summed E-state index contributed by atoms with van der Waals surface area (Å²) in [6.07, 6.45) is 1.50. The molecule has 1 rings (SSSR count). The molecule has 1 heterocycles. The van der Waals surface area contributed by atoms with Crippen molar-refractivity contribution in [3.63, 3.8) is 0 Å². The van der Waals surface area contributed by atoms with Gasteiger partial charge in [0, 0.05) is 16.2 Å². The molecule has 1 aromatic rings. The Morgan fingerprint density at radius 2 is 2.24 bits per heavy atom. The summed E-state index contributed by atoms with van der Waals surface area (Å²) in [6.45, 7) is 4.95. The molecule has 0 radical (unpaired) electrons. The fraction of sp³-hybridized carbons (Fsp3) is 0.500. The molecule has 7 heteroatoms. The van der Waals surface area contributed by atoms with Crippen LogP contribution in [0.15, 0.2) is 10.7 Å². The first-order chi connectivity index (χ1) is 7.78. The van der Waals surface area contributed by atoms with Crippen LogP contribution < -0.4 is 5.32 Å². The molecule has 0 fully saturated rings. The predicted molar refractivity (Wildman–Crippen MR) is 68.1 cm³/mol. The van der Waals surface area contributed by atoms with Crippen LogP contribution in [0.4, 0.5) is 11.5 Å². The minimum atomic E-state index is -0.669. The van der Waals surface area contributed by atoms with Crippen molar-refractivity contribution >= 4 is 27.4 Å². The van der Waals surface area contributed by atoms with E-state index in [0.717, 1.165) is 0 Å². The predicted octanol–water partition coefficient (Wildman–Crippen LogP) is 2.24. The van der Waals surface area contributed by atoms with E-state index in [9.17, 15) is 10.1 Å². The fourth-order valence-corrected chi connectivity index (χ4v) is 1.53. The summed E-state index contributed by atoms with van der Waals surface area (Å²) in [5.74, 6) is 0.162. The van der Waals surface area contributed by atoms with E-state index < -0.39 is 10.5 Å². The molecule has 0 aromatic carbocycles. The summed E-state index contributed by atoms with van der Waals surface area (Å²) in [6, 6.07) is 0. The molecule has 0 atom stereocenters. The van der Waals surface area contributed by atoms with E-state index in [2.05, 4.69) is 26.2 Å². The van der Waals surface area contributed by atoms with Crippen molar-refractivity contribution in [1.82, 2.24) is 4.98 Å². The Morgan fingerprint density at radius 3 is 2.71 bits per heavy atom. The Hall–Kier alpha value is -1.21. The van der Waals surface area contributed by atoms with Gasteiger partial charge >= 0.3 is 5.69 Å². The first-order valence-electron chi connectivity index (χ1n) is 4.97. The number of hydrogen-bond donors (Lipinski definition) is 2. The average molecular weight is 304 g/mol. The number of halogens is 1. The lowest BCUT2D eigenvalue weighted by Crippen LogP contribution is -2.35. The van der Waals surface area contributed by atoms with Crippen molar-refractivity contribution in [2.75, 3.05) is 11.9 Å². The lowest BCUT2D eigenvalue weighted by molar-refractivity contribution is -0.384. The van der Waals surface area contributed by atoms with Crippen molar-refractivity contribution in [3.05, 3.63) is 26.3 Å². The molecule has 0 spiro atoms. The summed E-state index contributed by atoms with van der Waals surface area (Å²) >= 11 is 3.20. The van der Waals surface area contributed by atoms with E-state index in [1.54, 1.807) is 20.8 Å². The van der Waals surface area contributed by atoms with Crippen molar-refractivity contribution in [2.24, 2.45) is 0 Å². The number of nitrogens with one attached hydrogen (secondary N) is 1. The highest BCUT2D eigenvalue weighted by Gasteiger charge is 2.26. The van der Waals surface area contributed by atoms with Crippen LogP contribution in [-0.2, 0) is 0 Å². The normalized spacial score (nSPS) is 11.4. The third-order valence-electron chi connectivity index (χ3n) is 2.28. The van der Waals surface area contributed by atoms with E-state index in [1.165, 1.54) is 6.20 Å². The number of aromatic nitrogens is 1. The van der Waals surface area contributed by atoms with Gasteiger partial charge in [0.15, 0.2) is 0 Å². The van der Waals surface area contributed by atoms with Crippen LogP contribution in [0.3, 0.4) is 0 Å². The van der Waals surface area contributed by atoms with Crippen LogP contribution in [-0.4, -0.2) is 27.2 Å². The van der Waals surface area contributed by atoms with Gasteiger partial charge in [-0.05, 0) is 36.7 Å². The molecule has 2 N–H and O–H groups in total. The molecule has 0 aliphatic carbocycles. The molecule has 6 nitrogen and oxygen atoms in total. The molecular weight excluding hydrogens is 290 g/mol. The third kappa shape index (κ3) is 3.13. The summed E-state index contributed by atoms with van der Waals surface area (Å²) in [7, 11) is 0. The summed E-state index contributed by atoms with van der Waals surface area (Å²) in [5.41, 5.74) is -0.250. The zero-order valence-electron chi connectivity index (χ0n) is 9.82. The molecule has 0 bridgehead atoms. The van der Waals surface area contributed by atoms with Gasteiger partial charge in [0.2, 0.25) is 5.82 Å². The summed E-state index contributed by atoms with van der Waals surface area (Å²) in [5, 5.41) is 23.0. The van der Waals surface area contributed by atoms with Gasteiger partial charge in [0.05, 0.1) is 17.1 Å². The second-order valence-electron chi connectivity index (χ2n) is 4.35. The molecule has 94 valence electrons. The van der Waals surface area contributed by atoms with Crippen LogP contribution in [0, 0.1) is 17.0 Å². The smallest absolute Gasteiger partial charge is 0.315 e. The zero-order chi connectivity index (χ0) is 13.2. The Morgan fingerprint density at radius 1 is 1.65 bits per heavy atom. The molecule has 0 saturated heterocycles. The van der Waals surface area contributed by atoms with Gasteiger partial charge < -0.3 is 10.4 Å². The number of pyridine rings is 1. The monoisotopic (exact) mass is 303 g/mol. The van der Waals surface area contributed by atoms with Gasteiger partial charge in [0.25, 0.3) is 0 Å². The number of rotatable bonds is 4. The molecule has 0 aliphatic rings. The number of aliphatic hydroxyl groups is 1. The molecular formula is C10H14BrN3O3. The van der Waals surface area contributed by atoms with Gasteiger partial charge in [-0.25, -0.2) is 4.98 Å². The highest BCUT2D eigenvalue weighted by Crippen LogP contribution is 2.32. The van der Waals surface area contributed by atoms with Crippen LogP contribution in [0.1, 0.15) is 19.4 Å². The fourth-order valence-electron chi connectivity index (χ4n) is 1.24. The maximum atomic E-state index is 11.0. The number of hydrogen-bond acceptors (Lipinski definition) is 5. The zero-order valence-corrected chi connectivity index (χ0v) is 11.4. The number of anilines is 1. The molecule has 17 heavy (non-hydrogen) atoms. The Kier molecular flexibility index (Phi) is 4.05. The van der Waals surface area contributed by atoms with Crippen LogP contribution in [0.25, 0.3) is 0 Å². The largest absolute Gasteiger partial charge is 0.394 e. The van der Waals surface area contributed by atoms with Gasteiger partial charge in [-0.3, -0.25) is 10.1 Å². The first kappa shape index (κ1) is 13.9. The van der Waals surface area contributed by atoms with Gasteiger partial charge in [-0.2, -0.15) is 0 Å². The minimum Gasteiger partial charge on any atom is -0.394 e. The van der Waals surface area contributed by atoms with Crippen molar-refractivity contribution in [1.29, 1.82) is 0 Å². The van der Waals surface area contributed by atoms with Crippen LogP contribution >= 0.6 is 15.9 Å². The average Bonchev–Trinajstić information content (AvgIpc) is 2.23. The maximum Gasteiger partial charge on any atom is 0.315 e. The number of aliphatic hydroxyl groups excluding tert-OH is 1. The molecule has 0 amide bonds. The van der Waals surface area contributed by atoms with Crippen molar-refractivity contribution in [2.45, 2.75) is 26.3 Å². The Bertz CT molecular complexity index is 449. The SMILES string of the molecule is Cc1c(Br)cnc(NC(C)(C)CO)c1[N+](=O)[O-]. The second kappa shape index (κ2) is 4.97. The van der Waals surface area contributed by atoms with Crippen molar-refractivity contribution < 1.29 is 10.0 Å². The van der Waals surface area contributed by atoms with Crippen LogP contribution in [0.5, 0.6) is 0 Å². The quantitative estimate of drug-likeness (QED) is 0.658. The van der Waals surface area contributed by atoms with E-state index in [4.69, 9.17) is 5.11 Å². The molecule has 0 saturated carbocycles. The van der Waals surface area contributed by atoms with E-state index in [0.29, 0.717) is 10.0 Å². The maximum absolute atomic E-state index is 11.0. The molecule has 0 unspecified atom stereocenters. The Balaban J connectivity index is 3.25. The highest BCUT2D eigenvalue weighted by atomic mass is 79.9. The lowest BCUT2D eigenvalue weighted by atomic mass is 10.1. The van der Waals surface area contributed by atoms with E-state index in [-0.39, 0.29) is 18.1 Å². The number of nitro groups is 1. The Labute approximate surface area is 107 Å². The molecule has 0 aliphatic heterocycles. The summed E-state index contributed by atoms with van der Waals surface area (Å²) in [4.78, 5) is 14.5. The molecule has 1 aromatic heterocycles. The standard InChI is InChI=1S/C10H14BrN3O3/c1-6-7(11)4-12-9(8(6)14(16)17)13-10(2,3)5-15/h4,15H,5H2,1-3H3,(H,12,13). The van der Waals surface area contributed by atoms with Gasteiger partial charge in [-0.1, -0.05) is 0 Å². The van der Waals surface area contributed by atoms with E-state index >= 15 is 0 Å². The van der Waals surface area contributed by atoms with E-state index in [1.807, 2.05) is 0 Å². The van der Waals surface area contributed by atoms with Gasteiger partial charge in [0.1, 0.15) is 0 Å². The highest BCUT2D eigenvalue weighted by molar-refractivity contribution is 9.10. The summed E-state index contributed by atoms with van der Waals surface area (Å²) < 4.78 is 0.580. The first-order valence-corrected chi connectivity index (χ1v) is 5.76. The second-order valence-corrected chi connectivity index (χ2v) is 5.21. The minimum absolute atomic E-state index is 0.0825. The van der Waals surface area contributed by atoms with Gasteiger partial charge in [-0.15, -0.1) is 0 Å². The van der Waals surface area contributed by atoms with Crippen LogP contribution in [0.2, 0.25) is 0 Å². The third-order valence-corrected chi connectivity index (χ3v) is 3.08. The number of nitrogens with zero attached hydrogens (tertiary/aromatic N) is 2. The topological polar surface area (TPSA) is 88.3 Å². The lowest BCUT2D eigenvalue weighted by Gasteiger charge is -2.24.